The van der Waals surface area contributed by atoms with Crippen LogP contribution in [-0.4, -0.2) is 58.1 Å². The molecule has 0 rings (SSSR count). The third-order valence-corrected chi connectivity index (χ3v) is 11.1. The maximum atomic E-state index is 13.6. The van der Waals surface area contributed by atoms with Crippen LogP contribution in [0.25, 0.3) is 0 Å². The van der Waals surface area contributed by atoms with Crippen LogP contribution in [0.4, 0.5) is 0 Å². The van der Waals surface area contributed by atoms with E-state index < -0.39 is 50.9 Å². The molecule has 0 amide bonds. The van der Waals surface area contributed by atoms with Gasteiger partial charge in [0, 0.05) is 19.4 Å². The van der Waals surface area contributed by atoms with E-state index in [1.165, 1.54) is 128 Å². The minimum Gasteiger partial charge on any atom is -0.394 e. The minimum atomic E-state index is -5.00. The van der Waals surface area contributed by atoms with E-state index in [1.54, 1.807) is 0 Å². The predicted octanol–water partition coefficient (Wildman–Crippen LogP) is 10.8. The normalized spacial score (nSPS) is 14.0. The monoisotopic (exact) mass is 749 g/mol. The molecule has 0 aromatic carbocycles. The van der Waals surface area contributed by atoms with Gasteiger partial charge in [0.2, 0.25) is 5.60 Å². The van der Waals surface area contributed by atoms with Gasteiger partial charge in [0.25, 0.3) is 0 Å². The molecule has 0 aromatic heterocycles. The zero-order valence-corrected chi connectivity index (χ0v) is 34.1. The van der Waals surface area contributed by atoms with Crippen LogP contribution in [-0.2, 0) is 23.2 Å². The first-order valence-corrected chi connectivity index (χ1v) is 22.9. The van der Waals surface area contributed by atoms with Crippen molar-refractivity contribution in [2.24, 2.45) is 5.73 Å². The zero-order chi connectivity index (χ0) is 38.6. The van der Waals surface area contributed by atoms with Crippen molar-refractivity contribution >= 4 is 19.4 Å². The van der Waals surface area contributed by atoms with Gasteiger partial charge in [0.1, 0.15) is 7.52 Å². The largest absolute Gasteiger partial charge is 0.473 e. The summed E-state index contributed by atoms with van der Waals surface area (Å²) in [5.41, 5.74) is -0.262. The molecule has 0 saturated heterocycles. The molecule has 9 nitrogen and oxygen atoms in total. The van der Waals surface area contributed by atoms with Crippen LogP contribution in [0.15, 0.2) is 0 Å². The molecule has 0 saturated carbocycles. The van der Waals surface area contributed by atoms with Crippen molar-refractivity contribution in [1.29, 1.82) is 0 Å². The van der Waals surface area contributed by atoms with E-state index >= 15 is 0 Å². The van der Waals surface area contributed by atoms with E-state index in [2.05, 4.69) is 19.6 Å². The fourth-order valence-corrected chi connectivity index (χ4v) is 7.74. The summed E-state index contributed by atoms with van der Waals surface area (Å²) in [5.74, 6) is -1.29. The lowest BCUT2D eigenvalue weighted by molar-refractivity contribution is -0.149. The van der Waals surface area contributed by atoms with Crippen LogP contribution in [0.5, 0.6) is 0 Å². The molecule has 0 aromatic rings. The maximum Gasteiger partial charge on any atom is 0.473 e. The Morgan fingerprint density at radius 3 is 1.18 bits per heavy atom. The highest BCUT2D eigenvalue weighted by Crippen LogP contribution is 2.48. The van der Waals surface area contributed by atoms with Gasteiger partial charge in [-0.15, -0.1) is 0 Å². The number of hydrogen-bond acceptors (Lipinski definition) is 8. The zero-order valence-electron chi connectivity index (χ0n) is 34.2. The molecular formula is C41H82NO8P. The Kier molecular flexibility index (Phi) is 33.2. The second-order valence-electron chi connectivity index (χ2n) is 14.9. The number of carbonyl (C=O) groups is 2. The Morgan fingerprint density at radius 1 is 0.608 bits per heavy atom. The number of aliphatic hydroxyl groups excluding tert-OH is 2. The smallest absolute Gasteiger partial charge is 0.394 e. The first kappa shape index (κ1) is 48.3. The fraction of sp³-hybridized carbons (Fsp3) is 0.951. The van der Waals surface area contributed by atoms with Crippen LogP contribution < -0.4 is 5.73 Å². The van der Waals surface area contributed by atoms with Crippen molar-refractivity contribution < 1.29 is 39.7 Å². The maximum absolute atomic E-state index is 13.6. The molecule has 1 unspecified atom stereocenters. The van der Waals surface area contributed by atoms with Gasteiger partial charge in [-0.1, -0.05) is 194 Å². The fourth-order valence-electron chi connectivity index (χ4n) is 6.66. The summed E-state index contributed by atoms with van der Waals surface area (Å²) < 4.78 is 30.7. The summed E-state index contributed by atoms with van der Waals surface area (Å²) in [6.45, 7) is 2.49. The van der Waals surface area contributed by atoms with Crippen LogP contribution in [0.3, 0.4) is 0 Å². The molecule has 10 heteroatoms. The van der Waals surface area contributed by atoms with E-state index in [0.29, 0.717) is 12.8 Å². The van der Waals surface area contributed by atoms with Gasteiger partial charge in [-0.3, -0.25) is 18.6 Å². The number of carbonyl (C=O) groups excluding carboxylic acids is 2. The number of unbranched alkanes of at least 4 members (excludes halogenated alkanes) is 28. The van der Waals surface area contributed by atoms with Crippen molar-refractivity contribution in [3.05, 3.63) is 0 Å². The second-order valence-corrected chi connectivity index (χ2v) is 16.3. The van der Waals surface area contributed by atoms with Gasteiger partial charge in [-0.2, -0.15) is 0 Å². The summed E-state index contributed by atoms with van der Waals surface area (Å²) in [5, 5.41) is 18.7. The Morgan fingerprint density at radius 2 is 0.902 bits per heavy atom. The predicted molar refractivity (Wildman–Crippen MR) is 211 cm³/mol. The highest BCUT2D eigenvalue weighted by atomic mass is 31.2. The Labute approximate surface area is 315 Å². The molecule has 304 valence electrons. The SMILES string of the molecule is [2H]NCC(OP(=O)(O)OC[C@H](O)CO)(C(=O)CCCCCCCCCCCCCCCCC)C(=O)CCCCCCCCCCCCCCCCC. The summed E-state index contributed by atoms with van der Waals surface area (Å²) >= 11 is 0. The topological polar surface area (TPSA) is 156 Å². The van der Waals surface area contributed by atoms with Crippen LogP contribution in [0.1, 0.15) is 219 Å². The number of nitrogens with two attached hydrogens (primary N) is 1. The molecule has 5 N–H and O–H groups in total. The lowest BCUT2D eigenvalue weighted by Gasteiger charge is -2.31. The number of phosphoric ester groups is 1. The van der Waals surface area contributed by atoms with Crippen molar-refractivity contribution in [2.45, 2.75) is 231 Å². The number of phosphoric acid groups is 1. The second kappa shape index (κ2) is 35.1. The molecule has 0 heterocycles. The molecule has 0 aliphatic heterocycles. The first-order valence-electron chi connectivity index (χ1n) is 21.9. The van der Waals surface area contributed by atoms with Gasteiger partial charge in [0.05, 0.1) is 13.2 Å². The van der Waals surface area contributed by atoms with Crippen molar-refractivity contribution in [1.82, 2.24) is 0 Å². The lowest BCUT2D eigenvalue weighted by atomic mass is 9.87. The van der Waals surface area contributed by atoms with E-state index in [0.717, 1.165) is 51.4 Å². The van der Waals surface area contributed by atoms with Gasteiger partial charge >= 0.3 is 7.82 Å². The average molecular weight is 749 g/mol. The van der Waals surface area contributed by atoms with Gasteiger partial charge < -0.3 is 20.8 Å². The van der Waals surface area contributed by atoms with Gasteiger partial charge in [-0.05, 0) is 12.8 Å². The third-order valence-electron chi connectivity index (χ3n) is 10.1. The molecule has 0 aliphatic rings. The first-order chi connectivity index (χ1) is 25.2. The molecule has 0 radical (unpaired) electrons. The molecule has 0 bridgehead atoms. The number of rotatable bonds is 42. The molecule has 0 aliphatic carbocycles. The molecule has 0 fully saturated rings. The quantitative estimate of drug-likeness (QED) is 0.0271. The van der Waals surface area contributed by atoms with E-state index in [1.807, 2.05) is 0 Å². The third kappa shape index (κ3) is 28.4. The molecular weight excluding hydrogens is 665 g/mol. The van der Waals surface area contributed by atoms with Crippen molar-refractivity contribution in [3.8, 4) is 0 Å². The lowest BCUT2D eigenvalue weighted by Crippen LogP contribution is -2.54. The van der Waals surface area contributed by atoms with E-state index in [4.69, 9.17) is 15.6 Å². The van der Waals surface area contributed by atoms with Crippen LogP contribution >= 0.6 is 7.82 Å². The number of aliphatic hydroxyl groups is 2. The van der Waals surface area contributed by atoms with Crippen molar-refractivity contribution in [3.63, 3.8) is 0 Å². The summed E-state index contributed by atoms with van der Waals surface area (Å²) in [6.07, 6.45) is 33.7. The number of ketones is 2. The number of Topliss-reactive ketones (excluding diaryl/α,β-unsaturated/α-hetero) is 2. The Bertz CT molecular complexity index is 834. The number of hydrogen-bond donors (Lipinski definition) is 4. The highest BCUT2D eigenvalue weighted by molar-refractivity contribution is 7.47. The summed E-state index contributed by atoms with van der Waals surface area (Å²) in [7, 11) is -5.00. The standard InChI is InChI=1S/C41H82NO8P/c1-3-5-7-9-11-13-15-17-19-21-23-25-27-29-31-33-39(45)41(37-42,50-51(47,48)49-36-38(44)35-43)40(46)34-32-30-28-26-24-22-20-18-16-14-12-10-8-6-4-2/h38,43-44H,3-37,42H2,1-2H3,(H,47,48)/t38-/m1/s1/i/hD. The van der Waals surface area contributed by atoms with Crippen molar-refractivity contribution in [2.75, 3.05) is 19.8 Å². The molecule has 2 atom stereocenters. The minimum absolute atomic E-state index is 0.0240. The van der Waals surface area contributed by atoms with Crippen LogP contribution in [0.2, 0.25) is 1.41 Å². The Hall–Kier alpha value is -0.670. The Balaban J connectivity index is 4.71. The average Bonchev–Trinajstić information content (AvgIpc) is 3.13. The summed E-state index contributed by atoms with van der Waals surface area (Å²) in [4.78, 5) is 37.7. The molecule has 51 heavy (non-hydrogen) atoms. The van der Waals surface area contributed by atoms with Gasteiger partial charge in [0.15, 0.2) is 11.6 Å². The summed E-state index contributed by atoms with van der Waals surface area (Å²) in [6, 6.07) is 0. The highest BCUT2D eigenvalue weighted by Gasteiger charge is 2.49. The molecule has 0 spiro atoms. The van der Waals surface area contributed by atoms with E-state index in [9.17, 15) is 24.2 Å². The van der Waals surface area contributed by atoms with Crippen LogP contribution in [0, 0.1) is 0 Å². The van der Waals surface area contributed by atoms with Gasteiger partial charge in [-0.25, -0.2) is 4.57 Å². The van der Waals surface area contributed by atoms with E-state index in [-0.39, 0.29) is 12.8 Å².